The topological polar surface area (TPSA) is 42.3 Å². The Balaban J connectivity index is 1.92. The highest BCUT2D eigenvalue weighted by Gasteiger charge is 2.18. The first-order chi connectivity index (χ1) is 12.1. The monoisotopic (exact) mass is 352 g/mol. The summed E-state index contributed by atoms with van der Waals surface area (Å²) in [5.74, 6) is -0.343. The molecule has 126 valence electrons. The molecular formula is C20H17ClN2O2. The molecule has 4 nitrogen and oxygen atoms in total. The van der Waals surface area contributed by atoms with E-state index in [2.05, 4.69) is 0 Å². The van der Waals surface area contributed by atoms with Crippen LogP contribution in [0.5, 0.6) is 0 Å². The van der Waals surface area contributed by atoms with Crippen molar-refractivity contribution < 1.29 is 4.79 Å². The highest BCUT2D eigenvalue weighted by atomic mass is 35.5. The van der Waals surface area contributed by atoms with Crippen molar-refractivity contribution in [2.45, 2.75) is 6.54 Å². The minimum Gasteiger partial charge on any atom is -0.311 e. The maximum absolute atomic E-state index is 12.7. The van der Waals surface area contributed by atoms with Crippen molar-refractivity contribution >= 4 is 23.2 Å². The second-order valence-corrected chi connectivity index (χ2v) is 6.05. The number of hydrogen-bond donors (Lipinski definition) is 0. The molecule has 1 amide bonds. The van der Waals surface area contributed by atoms with Gasteiger partial charge in [-0.15, -0.1) is 0 Å². The molecular weight excluding hydrogens is 336 g/mol. The summed E-state index contributed by atoms with van der Waals surface area (Å²) in [6, 6.07) is 19.8. The van der Waals surface area contributed by atoms with Gasteiger partial charge in [-0.25, -0.2) is 0 Å². The average molecular weight is 353 g/mol. The fourth-order valence-corrected chi connectivity index (χ4v) is 2.78. The molecule has 0 aliphatic carbocycles. The molecule has 0 saturated carbocycles. The van der Waals surface area contributed by atoms with E-state index in [1.165, 1.54) is 9.47 Å². The zero-order chi connectivity index (χ0) is 17.8. The fraction of sp³-hybridized carbons (Fsp3) is 0.100. The Hall–Kier alpha value is -2.85. The van der Waals surface area contributed by atoms with E-state index in [-0.39, 0.29) is 17.0 Å². The normalized spacial score (nSPS) is 10.5. The van der Waals surface area contributed by atoms with E-state index in [1.807, 2.05) is 48.5 Å². The minimum absolute atomic E-state index is 0.126. The molecule has 1 heterocycles. The summed E-state index contributed by atoms with van der Waals surface area (Å²) in [6.07, 6.45) is 1.66. The van der Waals surface area contributed by atoms with Gasteiger partial charge in [0.25, 0.3) is 11.5 Å². The van der Waals surface area contributed by atoms with Crippen molar-refractivity contribution in [1.29, 1.82) is 0 Å². The summed E-state index contributed by atoms with van der Waals surface area (Å²) < 4.78 is 1.49. The minimum atomic E-state index is -0.343. The van der Waals surface area contributed by atoms with Crippen molar-refractivity contribution in [3.8, 4) is 0 Å². The second-order valence-electron chi connectivity index (χ2n) is 5.65. The molecule has 0 atom stereocenters. The van der Waals surface area contributed by atoms with Gasteiger partial charge in [-0.2, -0.15) is 0 Å². The van der Waals surface area contributed by atoms with Crippen LogP contribution in [-0.2, 0) is 6.54 Å². The molecule has 0 aliphatic rings. The SMILES string of the molecule is CN(C(=O)c1cccn(Cc2ccccc2Cl)c1=O)c1ccccc1. The third kappa shape index (κ3) is 3.64. The summed E-state index contributed by atoms with van der Waals surface area (Å²) in [6.45, 7) is 0.314. The largest absolute Gasteiger partial charge is 0.311 e. The molecule has 3 aromatic rings. The summed E-state index contributed by atoms with van der Waals surface area (Å²) in [5.41, 5.74) is 1.34. The van der Waals surface area contributed by atoms with Crippen LogP contribution in [0.2, 0.25) is 5.02 Å². The maximum Gasteiger partial charge on any atom is 0.263 e. The summed E-state index contributed by atoms with van der Waals surface area (Å²) in [5, 5.41) is 0.590. The fourth-order valence-electron chi connectivity index (χ4n) is 2.58. The van der Waals surface area contributed by atoms with E-state index >= 15 is 0 Å². The lowest BCUT2D eigenvalue weighted by atomic mass is 10.2. The Morgan fingerprint density at radius 1 is 1.00 bits per heavy atom. The lowest BCUT2D eigenvalue weighted by molar-refractivity contribution is 0.0991. The van der Waals surface area contributed by atoms with Gasteiger partial charge in [0, 0.05) is 24.0 Å². The number of aromatic nitrogens is 1. The first kappa shape index (κ1) is 17.0. The van der Waals surface area contributed by atoms with Crippen molar-refractivity contribution in [2.75, 3.05) is 11.9 Å². The standard InChI is InChI=1S/C20H17ClN2O2/c1-22(16-9-3-2-4-10-16)19(24)17-11-7-13-23(20(17)25)14-15-8-5-6-12-18(15)21/h2-13H,14H2,1H3. The molecule has 25 heavy (non-hydrogen) atoms. The van der Waals surface area contributed by atoms with Crippen LogP contribution in [0.25, 0.3) is 0 Å². The second kappa shape index (κ2) is 7.36. The van der Waals surface area contributed by atoms with Crippen molar-refractivity contribution in [1.82, 2.24) is 4.57 Å². The van der Waals surface area contributed by atoms with Gasteiger partial charge in [-0.3, -0.25) is 9.59 Å². The predicted octanol–water partition coefficient (Wildman–Crippen LogP) is 3.83. The zero-order valence-corrected chi connectivity index (χ0v) is 14.5. The van der Waals surface area contributed by atoms with E-state index in [9.17, 15) is 9.59 Å². The Bertz CT molecular complexity index is 951. The van der Waals surface area contributed by atoms with Gasteiger partial charge >= 0.3 is 0 Å². The number of rotatable bonds is 4. The predicted molar refractivity (Wildman–Crippen MR) is 100 cm³/mol. The first-order valence-electron chi connectivity index (χ1n) is 7.84. The Morgan fingerprint density at radius 3 is 2.40 bits per heavy atom. The average Bonchev–Trinajstić information content (AvgIpc) is 2.65. The van der Waals surface area contributed by atoms with Gasteiger partial charge in [-0.05, 0) is 35.9 Å². The van der Waals surface area contributed by atoms with Gasteiger partial charge in [-0.1, -0.05) is 48.0 Å². The van der Waals surface area contributed by atoms with Crippen LogP contribution in [0.4, 0.5) is 5.69 Å². The number of pyridine rings is 1. The van der Waals surface area contributed by atoms with Crippen molar-refractivity contribution in [2.24, 2.45) is 0 Å². The first-order valence-corrected chi connectivity index (χ1v) is 8.21. The number of hydrogen-bond acceptors (Lipinski definition) is 2. The number of benzene rings is 2. The molecule has 0 fully saturated rings. The molecule has 3 rings (SSSR count). The van der Waals surface area contributed by atoms with Gasteiger partial charge in [0.05, 0.1) is 6.54 Å². The highest BCUT2D eigenvalue weighted by molar-refractivity contribution is 6.31. The summed E-state index contributed by atoms with van der Waals surface area (Å²) in [4.78, 5) is 26.9. The number of carbonyl (C=O) groups is 1. The van der Waals surface area contributed by atoms with Crippen LogP contribution < -0.4 is 10.5 Å². The molecule has 0 radical (unpaired) electrons. The molecule has 0 saturated heterocycles. The van der Waals surface area contributed by atoms with Crippen LogP contribution in [0.3, 0.4) is 0 Å². The Kier molecular flexibility index (Phi) is 5.00. The lowest BCUT2D eigenvalue weighted by Crippen LogP contribution is -2.34. The highest BCUT2D eigenvalue weighted by Crippen LogP contribution is 2.16. The lowest BCUT2D eigenvalue weighted by Gasteiger charge is -2.17. The third-order valence-corrected chi connectivity index (χ3v) is 4.37. The third-order valence-electron chi connectivity index (χ3n) is 4.00. The van der Waals surface area contributed by atoms with Crippen LogP contribution in [-0.4, -0.2) is 17.5 Å². The van der Waals surface area contributed by atoms with E-state index in [4.69, 9.17) is 11.6 Å². The van der Waals surface area contributed by atoms with Crippen LogP contribution in [0, 0.1) is 0 Å². The van der Waals surface area contributed by atoms with Crippen molar-refractivity contribution in [3.63, 3.8) is 0 Å². The number of para-hydroxylation sites is 1. The number of carbonyl (C=O) groups excluding carboxylic acids is 1. The zero-order valence-electron chi connectivity index (χ0n) is 13.7. The van der Waals surface area contributed by atoms with Gasteiger partial charge in [0.2, 0.25) is 0 Å². The number of amides is 1. The Labute approximate surface area is 150 Å². The number of nitrogens with zero attached hydrogens (tertiary/aromatic N) is 2. The summed E-state index contributed by atoms with van der Waals surface area (Å²) >= 11 is 6.17. The van der Waals surface area contributed by atoms with Crippen molar-refractivity contribution in [3.05, 3.63) is 99.4 Å². The molecule has 5 heteroatoms. The molecule has 0 aliphatic heterocycles. The van der Waals surface area contributed by atoms with E-state index in [0.29, 0.717) is 11.6 Å². The molecule has 1 aromatic heterocycles. The molecule has 0 spiro atoms. The van der Waals surface area contributed by atoms with E-state index in [0.717, 1.165) is 11.3 Å². The Morgan fingerprint density at radius 2 is 1.68 bits per heavy atom. The maximum atomic E-state index is 12.7. The number of halogens is 1. The van der Waals surface area contributed by atoms with E-state index < -0.39 is 0 Å². The number of anilines is 1. The quantitative estimate of drug-likeness (QED) is 0.716. The molecule has 2 aromatic carbocycles. The van der Waals surface area contributed by atoms with E-state index in [1.54, 1.807) is 31.4 Å². The van der Waals surface area contributed by atoms with Gasteiger partial charge in [0.1, 0.15) is 5.56 Å². The van der Waals surface area contributed by atoms with Crippen LogP contribution >= 0.6 is 11.6 Å². The van der Waals surface area contributed by atoms with Crippen LogP contribution in [0.15, 0.2) is 77.7 Å². The van der Waals surface area contributed by atoms with Gasteiger partial charge < -0.3 is 9.47 Å². The van der Waals surface area contributed by atoms with Crippen LogP contribution in [0.1, 0.15) is 15.9 Å². The van der Waals surface area contributed by atoms with Gasteiger partial charge in [0.15, 0.2) is 0 Å². The molecule has 0 unspecified atom stereocenters. The molecule has 0 N–H and O–H groups in total. The molecule has 0 bridgehead atoms. The summed E-state index contributed by atoms with van der Waals surface area (Å²) in [7, 11) is 1.66. The smallest absolute Gasteiger partial charge is 0.263 e.